The minimum Gasteiger partial charge on any atom is -0.364 e. The van der Waals surface area contributed by atoms with Crippen molar-refractivity contribution in [1.82, 2.24) is 4.98 Å². The van der Waals surface area contributed by atoms with E-state index in [0.29, 0.717) is 0 Å². The predicted molar refractivity (Wildman–Crippen MR) is 44.6 cm³/mol. The number of rotatable bonds is 2. The van der Waals surface area contributed by atoms with Crippen molar-refractivity contribution in [1.29, 1.82) is 0 Å². The molecule has 0 aliphatic carbocycles. The van der Waals surface area contributed by atoms with Gasteiger partial charge in [-0.2, -0.15) is 0 Å². The van der Waals surface area contributed by atoms with Crippen LogP contribution in [0.2, 0.25) is 0 Å². The number of pyridine rings is 1. The first kappa shape index (κ1) is 9.85. The molecule has 3 N–H and O–H groups in total. The Morgan fingerprint density at radius 3 is 2.69 bits per heavy atom. The summed E-state index contributed by atoms with van der Waals surface area (Å²) in [6.07, 6.45) is -1.39. The van der Waals surface area contributed by atoms with Crippen molar-refractivity contribution in [2.24, 2.45) is 5.73 Å². The third-order valence-corrected chi connectivity index (χ3v) is 1.84. The summed E-state index contributed by atoms with van der Waals surface area (Å²) in [5.41, 5.74) is 4.44. The number of halogens is 2. The Bertz CT molecular complexity index is 360. The van der Waals surface area contributed by atoms with Crippen molar-refractivity contribution < 1.29 is 8.78 Å². The lowest BCUT2D eigenvalue weighted by Crippen LogP contribution is -2.19. The maximum atomic E-state index is 12.3. The zero-order valence-electron chi connectivity index (χ0n) is 7.10. The molecule has 1 aromatic rings. The number of aromatic amines is 1. The summed E-state index contributed by atoms with van der Waals surface area (Å²) in [6.45, 7) is 1.40. The number of hydrogen-bond donors (Lipinski definition) is 2. The smallest absolute Gasteiger partial charge is 0.269 e. The maximum Gasteiger partial charge on any atom is 0.269 e. The topological polar surface area (TPSA) is 58.9 Å². The third-order valence-electron chi connectivity index (χ3n) is 1.84. The molecule has 0 aliphatic rings. The molecule has 72 valence electrons. The van der Waals surface area contributed by atoms with E-state index in [4.69, 9.17) is 5.73 Å². The van der Waals surface area contributed by atoms with Crippen LogP contribution in [0.3, 0.4) is 0 Å². The summed E-state index contributed by atoms with van der Waals surface area (Å²) in [5, 5.41) is 0. The number of H-pyrrole nitrogens is 1. The molecule has 0 aromatic carbocycles. The Hall–Kier alpha value is -1.23. The first-order valence-corrected chi connectivity index (χ1v) is 3.77. The maximum absolute atomic E-state index is 12.3. The normalized spacial score (nSPS) is 10.8. The summed E-state index contributed by atoms with van der Waals surface area (Å²) in [4.78, 5) is 13.9. The molecule has 0 saturated carbocycles. The molecule has 1 rings (SSSR count). The lowest BCUT2D eigenvalue weighted by atomic mass is 10.1. The molecule has 0 spiro atoms. The van der Waals surface area contributed by atoms with E-state index in [2.05, 4.69) is 4.98 Å². The van der Waals surface area contributed by atoms with Crippen molar-refractivity contribution >= 4 is 0 Å². The summed E-state index contributed by atoms with van der Waals surface area (Å²) < 4.78 is 24.7. The van der Waals surface area contributed by atoms with Crippen LogP contribution in [0.5, 0.6) is 0 Å². The number of hydrogen-bond acceptors (Lipinski definition) is 2. The second kappa shape index (κ2) is 3.66. The number of aromatic nitrogens is 1. The molecule has 0 atom stereocenters. The second-order valence-electron chi connectivity index (χ2n) is 2.69. The van der Waals surface area contributed by atoms with Crippen molar-refractivity contribution in [3.63, 3.8) is 0 Å². The summed E-state index contributed by atoms with van der Waals surface area (Å²) >= 11 is 0. The average molecular weight is 188 g/mol. The van der Waals surface area contributed by atoms with Crippen LogP contribution in [0.15, 0.2) is 11.0 Å². The van der Waals surface area contributed by atoms with E-state index < -0.39 is 17.4 Å². The number of alkyl halides is 2. The molecular formula is C8H10F2N2O. The van der Waals surface area contributed by atoms with Gasteiger partial charge in [-0.15, -0.1) is 0 Å². The summed E-state index contributed by atoms with van der Waals surface area (Å²) in [5.74, 6) is 0. The van der Waals surface area contributed by atoms with E-state index in [1.165, 1.54) is 13.1 Å². The van der Waals surface area contributed by atoms with Crippen molar-refractivity contribution in [3.8, 4) is 0 Å². The van der Waals surface area contributed by atoms with Gasteiger partial charge in [-0.05, 0) is 6.92 Å². The molecule has 13 heavy (non-hydrogen) atoms. The molecule has 1 heterocycles. The highest BCUT2D eigenvalue weighted by atomic mass is 19.3. The Morgan fingerprint density at radius 2 is 2.23 bits per heavy atom. The van der Waals surface area contributed by atoms with Gasteiger partial charge in [0.2, 0.25) is 0 Å². The van der Waals surface area contributed by atoms with Gasteiger partial charge in [-0.1, -0.05) is 0 Å². The van der Waals surface area contributed by atoms with Gasteiger partial charge in [-0.25, -0.2) is 8.78 Å². The summed E-state index contributed by atoms with van der Waals surface area (Å²) in [6, 6.07) is 0. The Kier molecular flexibility index (Phi) is 2.77. The molecule has 3 nitrogen and oxygen atoms in total. The third kappa shape index (κ3) is 1.75. The van der Waals surface area contributed by atoms with E-state index in [-0.39, 0.29) is 17.8 Å². The molecule has 0 radical (unpaired) electrons. The van der Waals surface area contributed by atoms with Crippen molar-refractivity contribution in [2.75, 3.05) is 0 Å². The summed E-state index contributed by atoms with van der Waals surface area (Å²) in [7, 11) is 0. The molecule has 0 unspecified atom stereocenters. The van der Waals surface area contributed by atoms with Gasteiger partial charge < -0.3 is 10.7 Å². The Morgan fingerprint density at radius 1 is 1.62 bits per heavy atom. The quantitative estimate of drug-likeness (QED) is 0.729. The molecule has 0 saturated heterocycles. The van der Waals surface area contributed by atoms with Gasteiger partial charge in [0.15, 0.2) is 5.43 Å². The molecule has 1 aromatic heterocycles. The molecular weight excluding hydrogens is 178 g/mol. The molecule has 5 heteroatoms. The van der Waals surface area contributed by atoms with Crippen LogP contribution in [0.4, 0.5) is 8.78 Å². The van der Waals surface area contributed by atoms with Gasteiger partial charge in [0.1, 0.15) is 0 Å². The zero-order chi connectivity index (χ0) is 10.0. The molecule has 0 amide bonds. The molecule has 0 fully saturated rings. The predicted octanol–water partition coefficient (Wildman–Crippen LogP) is 1.08. The van der Waals surface area contributed by atoms with Crippen molar-refractivity contribution in [2.45, 2.75) is 19.9 Å². The molecule has 0 bridgehead atoms. The highest BCUT2D eigenvalue weighted by Crippen LogP contribution is 2.17. The van der Waals surface area contributed by atoms with Crippen LogP contribution in [0.25, 0.3) is 0 Å². The first-order valence-electron chi connectivity index (χ1n) is 3.77. The van der Waals surface area contributed by atoms with E-state index in [1.807, 2.05) is 0 Å². The fraction of sp³-hybridized carbons (Fsp3) is 0.375. The molecule has 0 aliphatic heterocycles. The second-order valence-corrected chi connectivity index (χ2v) is 2.69. The highest BCUT2D eigenvalue weighted by molar-refractivity contribution is 5.25. The average Bonchev–Trinajstić information content (AvgIpc) is 2.04. The van der Waals surface area contributed by atoms with Gasteiger partial charge in [0, 0.05) is 24.0 Å². The zero-order valence-corrected chi connectivity index (χ0v) is 7.10. The van der Waals surface area contributed by atoms with Gasteiger partial charge in [0.05, 0.1) is 5.56 Å². The van der Waals surface area contributed by atoms with E-state index in [1.54, 1.807) is 0 Å². The van der Waals surface area contributed by atoms with Crippen LogP contribution >= 0.6 is 0 Å². The van der Waals surface area contributed by atoms with E-state index in [9.17, 15) is 13.6 Å². The number of nitrogens with two attached hydrogens (primary N) is 1. The minimum atomic E-state index is -2.75. The fourth-order valence-corrected chi connectivity index (χ4v) is 1.10. The van der Waals surface area contributed by atoms with Crippen LogP contribution in [-0.2, 0) is 6.54 Å². The monoisotopic (exact) mass is 188 g/mol. The van der Waals surface area contributed by atoms with Crippen LogP contribution in [0, 0.1) is 6.92 Å². The first-order chi connectivity index (χ1) is 6.07. The van der Waals surface area contributed by atoms with Crippen LogP contribution in [0.1, 0.15) is 23.2 Å². The van der Waals surface area contributed by atoms with Crippen LogP contribution in [-0.4, -0.2) is 4.98 Å². The SMILES string of the molecule is Cc1[nH]cc(CN)c(=O)c1C(F)F. The fourth-order valence-electron chi connectivity index (χ4n) is 1.10. The standard InChI is InChI=1S/C8H10F2N2O/c1-4-6(8(9)10)7(13)5(2-11)3-12-4/h3,8H,2,11H2,1H3,(H,12,13). The number of nitrogens with one attached hydrogen (secondary N) is 1. The van der Waals surface area contributed by atoms with Gasteiger partial charge in [-0.3, -0.25) is 4.79 Å². The van der Waals surface area contributed by atoms with Gasteiger partial charge in [0.25, 0.3) is 6.43 Å². The van der Waals surface area contributed by atoms with Crippen molar-refractivity contribution in [3.05, 3.63) is 33.2 Å². The Labute approximate surface area is 73.6 Å². The lowest BCUT2D eigenvalue weighted by molar-refractivity contribution is 0.148. The van der Waals surface area contributed by atoms with Gasteiger partial charge >= 0.3 is 0 Å². The highest BCUT2D eigenvalue weighted by Gasteiger charge is 2.16. The largest absolute Gasteiger partial charge is 0.364 e. The van der Waals surface area contributed by atoms with E-state index in [0.717, 1.165) is 0 Å². The lowest BCUT2D eigenvalue weighted by Gasteiger charge is -2.05. The van der Waals surface area contributed by atoms with Crippen LogP contribution < -0.4 is 11.2 Å². The van der Waals surface area contributed by atoms with E-state index >= 15 is 0 Å². The Balaban J connectivity index is 3.39. The minimum absolute atomic E-state index is 0.0324. The number of aryl methyl sites for hydroxylation is 1.